The van der Waals surface area contributed by atoms with Crippen LogP contribution >= 0.6 is 11.3 Å². The minimum Gasteiger partial charge on any atom is -0.316 e. The summed E-state index contributed by atoms with van der Waals surface area (Å²) in [5.74, 6) is 0. The van der Waals surface area contributed by atoms with Crippen LogP contribution in [0, 0.1) is 10.1 Å². The molecule has 0 spiro atoms. The summed E-state index contributed by atoms with van der Waals surface area (Å²) in [6, 6.07) is 16.6. The number of nitrogens with zero attached hydrogens (tertiary/aromatic N) is 4. The first kappa shape index (κ1) is 19.0. The lowest BCUT2D eigenvalue weighted by molar-refractivity contribution is -0.384. The molecule has 0 aliphatic rings. The Labute approximate surface area is 162 Å². The highest BCUT2D eigenvalue weighted by molar-refractivity contribution is 7.07. The van der Waals surface area contributed by atoms with Gasteiger partial charge in [-0.15, -0.1) is 11.3 Å². The second-order valence-corrected chi connectivity index (χ2v) is 7.30. The number of aromatic nitrogens is 1. The largest absolute Gasteiger partial charge is 0.316 e. The molecule has 3 rings (SSSR count). The van der Waals surface area contributed by atoms with Crippen molar-refractivity contribution in [2.24, 2.45) is 4.99 Å². The third kappa shape index (κ3) is 4.90. The average molecular weight is 382 g/mol. The molecule has 140 valence electrons. The van der Waals surface area contributed by atoms with Gasteiger partial charge >= 0.3 is 0 Å². The van der Waals surface area contributed by atoms with Gasteiger partial charge in [-0.1, -0.05) is 18.2 Å². The smallest absolute Gasteiger partial charge is 0.269 e. The number of hydrogen-bond donors (Lipinski definition) is 0. The van der Waals surface area contributed by atoms with Crippen LogP contribution in [-0.4, -0.2) is 35.0 Å². The van der Waals surface area contributed by atoms with Crippen molar-refractivity contribution in [1.82, 2.24) is 9.47 Å². The van der Waals surface area contributed by atoms with Crippen molar-refractivity contribution in [3.63, 3.8) is 0 Å². The average Bonchev–Trinajstić information content (AvgIpc) is 3.05. The van der Waals surface area contributed by atoms with E-state index >= 15 is 0 Å². The minimum atomic E-state index is -0.376. The topological polar surface area (TPSA) is 63.7 Å². The number of nitro benzene ring substituents is 1. The Morgan fingerprint density at radius 1 is 1.11 bits per heavy atom. The molecule has 3 aromatic rings. The number of para-hydroxylation sites is 1. The molecule has 0 N–H and O–H groups in total. The molecular formula is C20H22N4O2S. The Kier molecular flexibility index (Phi) is 6.16. The van der Waals surface area contributed by atoms with Crippen molar-refractivity contribution in [3.8, 4) is 11.3 Å². The third-order valence-corrected chi connectivity index (χ3v) is 5.00. The Balaban J connectivity index is 2.00. The van der Waals surface area contributed by atoms with Gasteiger partial charge in [0, 0.05) is 24.1 Å². The SMILES string of the molecule is CN(C)CCCn1c(-c2ccc([N+](=O)[O-])cc2)csc1=Nc1ccccc1. The molecule has 1 aromatic heterocycles. The molecule has 0 radical (unpaired) electrons. The second kappa shape index (κ2) is 8.75. The molecule has 27 heavy (non-hydrogen) atoms. The Morgan fingerprint density at radius 3 is 2.44 bits per heavy atom. The summed E-state index contributed by atoms with van der Waals surface area (Å²) in [5, 5.41) is 13.0. The van der Waals surface area contributed by atoms with Crippen LogP contribution in [0.4, 0.5) is 11.4 Å². The number of rotatable bonds is 7. The summed E-state index contributed by atoms with van der Waals surface area (Å²) in [4.78, 5) is 18.4. The first-order valence-corrected chi connectivity index (χ1v) is 9.60. The zero-order valence-electron chi connectivity index (χ0n) is 15.4. The Bertz CT molecular complexity index is 960. The van der Waals surface area contributed by atoms with Crippen LogP contribution in [-0.2, 0) is 6.54 Å². The quantitative estimate of drug-likeness (QED) is 0.452. The highest BCUT2D eigenvalue weighted by Gasteiger charge is 2.11. The van der Waals surface area contributed by atoms with Crippen LogP contribution in [0.5, 0.6) is 0 Å². The summed E-state index contributed by atoms with van der Waals surface area (Å²) < 4.78 is 2.20. The molecule has 0 fully saturated rings. The normalized spacial score (nSPS) is 11.9. The number of thiazole rings is 1. The van der Waals surface area contributed by atoms with E-state index < -0.39 is 0 Å². The maximum absolute atomic E-state index is 10.9. The zero-order valence-corrected chi connectivity index (χ0v) is 16.2. The van der Waals surface area contributed by atoms with Crippen LogP contribution in [0.3, 0.4) is 0 Å². The molecule has 0 aliphatic heterocycles. The first-order chi connectivity index (χ1) is 13.0. The lowest BCUT2D eigenvalue weighted by Gasteiger charge is -2.12. The van der Waals surface area contributed by atoms with Crippen molar-refractivity contribution in [2.75, 3.05) is 20.6 Å². The lowest BCUT2D eigenvalue weighted by Crippen LogP contribution is -2.20. The molecule has 2 aromatic carbocycles. The van der Waals surface area contributed by atoms with E-state index in [-0.39, 0.29) is 10.6 Å². The van der Waals surface area contributed by atoms with Gasteiger partial charge < -0.3 is 9.47 Å². The van der Waals surface area contributed by atoms with Crippen LogP contribution < -0.4 is 4.80 Å². The van der Waals surface area contributed by atoms with E-state index in [1.54, 1.807) is 35.6 Å². The molecular weight excluding hydrogens is 360 g/mol. The maximum atomic E-state index is 10.9. The summed E-state index contributed by atoms with van der Waals surface area (Å²) in [6.07, 6.45) is 0.992. The van der Waals surface area contributed by atoms with E-state index in [1.165, 1.54) is 0 Å². The monoisotopic (exact) mass is 382 g/mol. The molecule has 0 amide bonds. The fraction of sp³-hybridized carbons (Fsp3) is 0.250. The van der Waals surface area contributed by atoms with E-state index in [0.717, 1.165) is 41.3 Å². The molecule has 7 heteroatoms. The van der Waals surface area contributed by atoms with E-state index in [2.05, 4.69) is 28.9 Å². The van der Waals surface area contributed by atoms with Gasteiger partial charge in [0.1, 0.15) is 0 Å². The van der Waals surface area contributed by atoms with Crippen molar-refractivity contribution < 1.29 is 4.92 Å². The second-order valence-electron chi connectivity index (χ2n) is 6.46. The molecule has 0 unspecified atom stereocenters. The molecule has 6 nitrogen and oxygen atoms in total. The summed E-state index contributed by atoms with van der Waals surface area (Å²) in [5.41, 5.74) is 3.00. The van der Waals surface area contributed by atoms with Gasteiger partial charge in [0.2, 0.25) is 0 Å². The van der Waals surface area contributed by atoms with Gasteiger partial charge in [0.15, 0.2) is 4.80 Å². The first-order valence-electron chi connectivity index (χ1n) is 8.72. The standard InChI is InChI=1S/C20H22N4O2S/c1-22(2)13-6-14-23-19(16-9-11-18(12-10-16)24(25)26)15-27-20(23)21-17-7-4-3-5-8-17/h3-5,7-12,15H,6,13-14H2,1-2H3. The van der Waals surface area contributed by atoms with E-state index in [4.69, 9.17) is 4.99 Å². The highest BCUT2D eigenvalue weighted by atomic mass is 32.1. The number of hydrogen-bond acceptors (Lipinski definition) is 5. The fourth-order valence-electron chi connectivity index (χ4n) is 2.78. The third-order valence-electron chi connectivity index (χ3n) is 4.14. The molecule has 0 saturated heterocycles. The highest BCUT2D eigenvalue weighted by Crippen LogP contribution is 2.24. The van der Waals surface area contributed by atoms with E-state index in [9.17, 15) is 10.1 Å². The Hall–Kier alpha value is -2.77. The van der Waals surface area contributed by atoms with Crippen molar-refractivity contribution >= 4 is 22.7 Å². The number of nitro groups is 1. The van der Waals surface area contributed by atoms with Crippen molar-refractivity contribution in [2.45, 2.75) is 13.0 Å². The molecule has 0 aliphatic carbocycles. The van der Waals surface area contributed by atoms with Crippen molar-refractivity contribution in [1.29, 1.82) is 0 Å². The van der Waals surface area contributed by atoms with Crippen LogP contribution in [0.25, 0.3) is 11.3 Å². The van der Waals surface area contributed by atoms with Crippen LogP contribution in [0.2, 0.25) is 0 Å². The van der Waals surface area contributed by atoms with Gasteiger partial charge in [-0.2, -0.15) is 0 Å². The molecule has 0 bridgehead atoms. The van der Waals surface area contributed by atoms with E-state index in [1.807, 2.05) is 30.3 Å². The Morgan fingerprint density at radius 2 is 1.81 bits per heavy atom. The number of non-ortho nitro benzene ring substituents is 1. The predicted molar refractivity (Wildman–Crippen MR) is 109 cm³/mol. The molecule has 0 saturated carbocycles. The molecule has 1 heterocycles. The summed E-state index contributed by atoms with van der Waals surface area (Å²) >= 11 is 1.58. The van der Waals surface area contributed by atoms with Gasteiger partial charge in [0.05, 0.1) is 16.3 Å². The van der Waals surface area contributed by atoms with Crippen LogP contribution in [0.15, 0.2) is 65.0 Å². The fourth-order valence-corrected chi connectivity index (χ4v) is 3.73. The maximum Gasteiger partial charge on any atom is 0.269 e. The summed E-state index contributed by atoms with van der Waals surface area (Å²) in [6.45, 7) is 1.81. The van der Waals surface area contributed by atoms with Gasteiger partial charge in [-0.3, -0.25) is 10.1 Å². The van der Waals surface area contributed by atoms with E-state index in [0.29, 0.717) is 0 Å². The molecule has 0 atom stereocenters. The van der Waals surface area contributed by atoms with Gasteiger partial charge in [-0.05, 0) is 56.9 Å². The van der Waals surface area contributed by atoms with Crippen LogP contribution in [0.1, 0.15) is 6.42 Å². The number of benzene rings is 2. The lowest BCUT2D eigenvalue weighted by atomic mass is 10.1. The summed E-state index contributed by atoms with van der Waals surface area (Å²) in [7, 11) is 4.12. The van der Waals surface area contributed by atoms with Crippen molar-refractivity contribution in [3.05, 3.63) is 74.9 Å². The predicted octanol–water partition coefficient (Wildman–Crippen LogP) is 4.31. The van der Waals surface area contributed by atoms with Gasteiger partial charge in [-0.25, -0.2) is 4.99 Å². The minimum absolute atomic E-state index is 0.0994. The zero-order chi connectivity index (χ0) is 19.2. The van der Waals surface area contributed by atoms with Gasteiger partial charge in [0.25, 0.3) is 5.69 Å².